The minimum atomic E-state index is -1.03. The Kier molecular flexibility index (Phi) is 3.34. The number of anilines is 1. The molecule has 0 spiro atoms. The number of nitrogens with zero attached hydrogens (tertiary/aromatic N) is 2. The first-order valence-electron chi connectivity index (χ1n) is 5.08. The minimum Gasteiger partial charge on any atom is -0.478 e. The number of nitrogens with one attached hydrogen (secondary N) is 1. The first-order chi connectivity index (χ1) is 8.27. The van der Waals surface area contributed by atoms with Gasteiger partial charge in [0.2, 0.25) is 0 Å². The molecule has 0 fully saturated rings. The van der Waals surface area contributed by atoms with Crippen LogP contribution >= 0.6 is 0 Å². The number of carboxylic acids is 1. The van der Waals surface area contributed by atoms with Crippen molar-refractivity contribution in [2.24, 2.45) is 0 Å². The largest absolute Gasteiger partial charge is 0.478 e. The first kappa shape index (κ1) is 11.1. The maximum Gasteiger partial charge on any atom is 0.339 e. The smallest absolute Gasteiger partial charge is 0.339 e. The van der Waals surface area contributed by atoms with Crippen LogP contribution in [0.3, 0.4) is 0 Å². The molecule has 17 heavy (non-hydrogen) atoms. The van der Waals surface area contributed by atoms with Gasteiger partial charge in [-0.3, -0.25) is 0 Å². The van der Waals surface area contributed by atoms with Gasteiger partial charge in [-0.05, 0) is 18.2 Å². The fourth-order valence-corrected chi connectivity index (χ4v) is 1.39. The molecule has 0 atom stereocenters. The molecule has 0 saturated carbocycles. The van der Waals surface area contributed by atoms with Gasteiger partial charge in [0.05, 0.1) is 12.5 Å². The molecule has 0 aromatic carbocycles. The van der Waals surface area contributed by atoms with E-state index in [4.69, 9.17) is 9.52 Å². The van der Waals surface area contributed by atoms with Crippen molar-refractivity contribution >= 4 is 11.8 Å². The monoisotopic (exact) mass is 233 g/mol. The Balaban J connectivity index is 1.97. The summed E-state index contributed by atoms with van der Waals surface area (Å²) in [5.74, 6) is 0.0743. The van der Waals surface area contributed by atoms with E-state index in [1.54, 1.807) is 12.3 Å². The molecule has 2 N–H and O–H groups in total. The molecular weight excluding hydrogens is 222 g/mol. The van der Waals surface area contributed by atoms with E-state index in [0.717, 1.165) is 5.76 Å². The number of rotatable bonds is 5. The zero-order valence-corrected chi connectivity index (χ0v) is 8.96. The lowest BCUT2D eigenvalue weighted by molar-refractivity contribution is 0.0697. The SMILES string of the molecule is O=C(O)c1ccnnc1NCCc1ccco1. The summed E-state index contributed by atoms with van der Waals surface area (Å²) in [7, 11) is 0. The Morgan fingerprint density at radius 3 is 3.06 bits per heavy atom. The number of carbonyl (C=O) groups is 1. The average molecular weight is 233 g/mol. The van der Waals surface area contributed by atoms with Crippen molar-refractivity contribution in [1.82, 2.24) is 10.2 Å². The highest BCUT2D eigenvalue weighted by molar-refractivity contribution is 5.92. The van der Waals surface area contributed by atoms with Gasteiger partial charge < -0.3 is 14.8 Å². The third-order valence-corrected chi connectivity index (χ3v) is 2.20. The molecule has 2 heterocycles. The molecule has 0 unspecified atom stereocenters. The molecule has 0 saturated heterocycles. The topological polar surface area (TPSA) is 88.2 Å². The summed E-state index contributed by atoms with van der Waals surface area (Å²) < 4.78 is 5.16. The summed E-state index contributed by atoms with van der Waals surface area (Å²) in [6, 6.07) is 5.07. The number of furan rings is 1. The normalized spacial score (nSPS) is 10.1. The van der Waals surface area contributed by atoms with Crippen LogP contribution in [-0.2, 0) is 6.42 Å². The molecule has 6 nitrogen and oxygen atoms in total. The molecular formula is C11H11N3O3. The molecule has 2 aromatic rings. The Morgan fingerprint density at radius 1 is 1.47 bits per heavy atom. The second-order valence-electron chi connectivity index (χ2n) is 3.35. The van der Waals surface area contributed by atoms with Gasteiger partial charge in [-0.15, -0.1) is 5.10 Å². The Morgan fingerprint density at radius 2 is 2.35 bits per heavy atom. The van der Waals surface area contributed by atoms with Crippen LogP contribution in [-0.4, -0.2) is 27.8 Å². The number of hydrogen-bond acceptors (Lipinski definition) is 5. The summed E-state index contributed by atoms with van der Waals surface area (Å²) >= 11 is 0. The summed E-state index contributed by atoms with van der Waals surface area (Å²) in [5, 5.41) is 19.2. The van der Waals surface area contributed by atoms with E-state index >= 15 is 0 Å². The number of hydrogen-bond donors (Lipinski definition) is 2. The lowest BCUT2D eigenvalue weighted by Crippen LogP contribution is -2.11. The van der Waals surface area contributed by atoms with E-state index in [0.29, 0.717) is 13.0 Å². The van der Waals surface area contributed by atoms with Gasteiger partial charge in [0.25, 0.3) is 0 Å². The highest BCUT2D eigenvalue weighted by Crippen LogP contribution is 2.10. The molecule has 0 bridgehead atoms. The van der Waals surface area contributed by atoms with Crippen molar-refractivity contribution in [3.8, 4) is 0 Å². The Bertz CT molecular complexity index is 496. The molecule has 0 aliphatic carbocycles. The van der Waals surface area contributed by atoms with Crippen LogP contribution < -0.4 is 5.32 Å². The van der Waals surface area contributed by atoms with Crippen LogP contribution in [0.2, 0.25) is 0 Å². The van der Waals surface area contributed by atoms with Gasteiger partial charge in [0.15, 0.2) is 5.82 Å². The fourth-order valence-electron chi connectivity index (χ4n) is 1.39. The van der Waals surface area contributed by atoms with Crippen molar-refractivity contribution in [3.63, 3.8) is 0 Å². The third kappa shape index (κ3) is 2.81. The van der Waals surface area contributed by atoms with Crippen LogP contribution in [0.5, 0.6) is 0 Å². The van der Waals surface area contributed by atoms with Crippen molar-refractivity contribution in [2.75, 3.05) is 11.9 Å². The molecule has 88 valence electrons. The third-order valence-electron chi connectivity index (χ3n) is 2.20. The molecule has 6 heteroatoms. The van der Waals surface area contributed by atoms with E-state index in [1.807, 2.05) is 6.07 Å². The van der Waals surface area contributed by atoms with Crippen molar-refractivity contribution in [2.45, 2.75) is 6.42 Å². The quantitative estimate of drug-likeness (QED) is 0.812. The summed E-state index contributed by atoms with van der Waals surface area (Å²) in [5.41, 5.74) is 0.111. The first-order valence-corrected chi connectivity index (χ1v) is 5.08. The number of carboxylic acid groups (broad SMARTS) is 1. The van der Waals surface area contributed by atoms with Gasteiger partial charge in [0, 0.05) is 13.0 Å². The van der Waals surface area contributed by atoms with Gasteiger partial charge in [-0.2, -0.15) is 5.10 Å². The summed E-state index contributed by atoms with van der Waals surface area (Å²) in [4.78, 5) is 10.9. The van der Waals surface area contributed by atoms with E-state index in [9.17, 15) is 4.79 Å². The zero-order chi connectivity index (χ0) is 12.1. The van der Waals surface area contributed by atoms with E-state index in [2.05, 4.69) is 15.5 Å². The van der Waals surface area contributed by atoms with Crippen LogP contribution in [0.1, 0.15) is 16.1 Å². The van der Waals surface area contributed by atoms with Gasteiger partial charge >= 0.3 is 5.97 Å². The van der Waals surface area contributed by atoms with Gasteiger partial charge in [-0.1, -0.05) is 0 Å². The van der Waals surface area contributed by atoms with Crippen molar-refractivity contribution in [1.29, 1.82) is 0 Å². The van der Waals surface area contributed by atoms with Crippen LogP contribution in [0, 0.1) is 0 Å². The Hall–Kier alpha value is -2.37. The lowest BCUT2D eigenvalue weighted by atomic mass is 10.2. The molecule has 0 amide bonds. The molecule has 2 aromatic heterocycles. The lowest BCUT2D eigenvalue weighted by Gasteiger charge is -2.05. The zero-order valence-electron chi connectivity index (χ0n) is 8.96. The fraction of sp³-hybridized carbons (Fsp3) is 0.182. The number of aromatic nitrogens is 2. The maximum atomic E-state index is 10.9. The van der Waals surface area contributed by atoms with E-state index < -0.39 is 5.97 Å². The molecule has 0 radical (unpaired) electrons. The van der Waals surface area contributed by atoms with Crippen LogP contribution in [0.4, 0.5) is 5.82 Å². The van der Waals surface area contributed by atoms with Crippen molar-refractivity contribution in [3.05, 3.63) is 42.0 Å². The summed E-state index contributed by atoms with van der Waals surface area (Å²) in [6.45, 7) is 0.534. The second-order valence-corrected chi connectivity index (χ2v) is 3.35. The number of aromatic carboxylic acids is 1. The molecule has 2 rings (SSSR count). The van der Waals surface area contributed by atoms with Gasteiger partial charge in [-0.25, -0.2) is 4.79 Å². The maximum absolute atomic E-state index is 10.9. The predicted octanol–water partition coefficient (Wildman–Crippen LogP) is 1.42. The summed E-state index contributed by atoms with van der Waals surface area (Å²) in [6.07, 6.45) is 3.60. The van der Waals surface area contributed by atoms with E-state index in [-0.39, 0.29) is 11.4 Å². The van der Waals surface area contributed by atoms with E-state index in [1.165, 1.54) is 12.3 Å². The second kappa shape index (κ2) is 5.11. The highest BCUT2D eigenvalue weighted by Gasteiger charge is 2.10. The minimum absolute atomic E-state index is 0.111. The highest BCUT2D eigenvalue weighted by atomic mass is 16.4. The Labute approximate surface area is 97.3 Å². The molecule has 0 aliphatic heterocycles. The predicted molar refractivity (Wildman–Crippen MR) is 59.9 cm³/mol. The average Bonchev–Trinajstić information content (AvgIpc) is 2.82. The molecule has 0 aliphatic rings. The van der Waals surface area contributed by atoms with Crippen molar-refractivity contribution < 1.29 is 14.3 Å². The standard InChI is InChI=1S/C11H11N3O3/c15-11(16)9-4-6-13-14-10(9)12-5-3-8-2-1-7-17-8/h1-2,4,6-7H,3,5H2,(H,12,14)(H,15,16). The van der Waals surface area contributed by atoms with Crippen LogP contribution in [0.15, 0.2) is 35.1 Å². The van der Waals surface area contributed by atoms with Gasteiger partial charge in [0.1, 0.15) is 11.3 Å². The van der Waals surface area contributed by atoms with Crippen LogP contribution in [0.25, 0.3) is 0 Å².